The van der Waals surface area contributed by atoms with Crippen LogP contribution in [-0.2, 0) is 11.3 Å². The molecule has 1 aromatic carbocycles. The zero-order valence-electron chi connectivity index (χ0n) is 14.1. The van der Waals surface area contributed by atoms with Crippen LogP contribution < -0.4 is 5.32 Å². The molecule has 0 unspecified atom stereocenters. The second-order valence-corrected chi connectivity index (χ2v) is 8.35. The average molecular weight is 412 g/mol. The molecule has 26 heavy (non-hydrogen) atoms. The third-order valence-corrected chi connectivity index (χ3v) is 5.73. The Hall–Kier alpha value is -1.60. The second kappa shape index (κ2) is 8.86. The van der Waals surface area contributed by atoms with Crippen LogP contribution in [0.1, 0.15) is 15.9 Å². The molecule has 1 aliphatic rings. The first kappa shape index (κ1) is 19.2. The molecule has 1 aromatic heterocycles. The van der Waals surface area contributed by atoms with Gasteiger partial charge < -0.3 is 10.2 Å². The molecule has 0 aliphatic carbocycles. The number of nitrogens with one attached hydrogen (secondary N) is 1. The Morgan fingerprint density at radius 3 is 2.38 bits per heavy atom. The van der Waals surface area contributed by atoms with Crippen LogP contribution in [0, 0.1) is 0 Å². The van der Waals surface area contributed by atoms with Gasteiger partial charge in [-0.05, 0) is 11.6 Å². The van der Waals surface area contributed by atoms with Gasteiger partial charge in [0.05, 0.1) is 16.4 Å². The van der Waals surface area contributed by atoms with Gasteiger partial charge in [-0.3, -0.25) is 14.5 Å². The van der Waals surface area contributed by atoms with Crippen molar-refractivity contribution in [2.75, 3.05) is 32.7 Å². The van der Waals surface area contributed by atoms with E-state index in [-0.39, 0.29) is 11.8 Å². The number of hydrogen-bond donors (Lipinski definition) is 1. The molecule has 1 fully saturated rings. The van der Waals surface area contributed by atoms with Gasteiger partial charge in [0.2, 0.25) is 5.91 Å². The van der Waals surface area contributed by atoms with Crippen LogP contribution in [0.5, 0.6) is 0 Å². The van der Waals surface area contributed by atoms with Crippen LogP contribution in [-0.4, -0.2) is 54.3 Å². The van der Waals surface area contributed by atoms with Crippen LogP contribution in [0.3, 0.4) is 0 Å². The average Bonchev–Trinajstić information content (AvgIpc) is 2.99. The smallest absolute Gasteiger partial charge is 0.256 e. The molecule has 0 atom stereocenters. The fourth-order valence-electron chi connectivity index (χ4n) is 2.82. The van der Waals surface area contributed by atoms with Gasteiger partial charge >= 0.3 is 0 Å². The van der Waals surface area contributed by atoms with Crippen LogP contribution in [0.2, 0.25) is 8.67 Å². The van der Waals surface area contributed by atoms with Gasteiger partial charge in [0.15, 0.2) is 0 Å². The zero-order valence-corrected chi connectivity index (χ0v) is 16.4. The summed E-state index contributed by atoms with van der Waals surface area (Å²) in [6.45, 7) is 3.29. The Morgan fingerprint density at radius 2 is 1.77 bits per heavy atom. The van der Waals surface area contributed by atoms with Gasteiger partial charge in [0, 0.05) is 32.7 Å². The van der Waals surface area contributed by atoms with Crippen molar-refractivity contribution in [1.29, 1.82) is 0 Å². The predicted molar refractivity (Wildman–Crippen MR) is 105 cm³/mol. The number of piperazine rings is 1. The Kier molecular flexibility index (Phi) is 6.53. The number of thiophene rings is 1. The van der Waals surface area contributed by atoms with Crippen molar-refractivity contribution in [3.63, 3.8) is 0 Å². The maximum atomic E-state index is 12.5. The van der Waals surface area contributed by atoms with Crippen molar-refractivity contribution in [3.05, 3.63) is 56.2 Å². The monoisotopic (exact) mass is 411 g/mol. The lowest BCUT2D eigenvalue weighted by atomic mass is 10.2. The summed E-state index contributed by atoms with van der Waals surface area (Å²) < 4.78 is 0.926. The molecule has 3 rings (SSSR count). The molecule has 0 spiro atoms. The Bertz CT molecular complexity index is 774. The number of benzene rings is 1. The van der Waals surface area contributed by atoms with Crippen LogP contribution >= 0.6 is 34.5 Å². The zero-order chi connectivity index (χ0) is 18.5. The highest BCUT2D eigenvalue weighted by Crippen LogP contribution is 2.32. The summed E-state index contributed by atoms with van der Waals surface area (Å²) >= 11 is 13.2. The summed E-state index contributed by atoms with van der Waals surface area (Å²) in [5, 5.41) is 2.92. The van der Waals surface area contributed by atoms with Crippen LogP contribution in [0.15, 0.2) is 36.4 Å². The van der Waals surface area contributed by atoms with E-state index in [4.69, 9.17) is 23.2 Å². The van der Waals surface area contributed by atoms with Crippen molar-refractivity contribution >= 4 is 46.4 Å². The molecule has 8 heteroatoms. The van der Waals surface area contributed by atoms with E-state index in [2.05, 4.69) is 5.32 Å². The molecule has 1 saturated heterocycles. The lowest BCUT2D eigenvalue weighted by Crippen LogP contribution is -2.51. The van der Waals surface area contributed by atoms with Gasteiger partial charge in [-0.25, -0.2) is 0 Å². The van der Waals surface area contributed by atoms with Gasteiger partial charge in [-0.15, -0.1) is 11.3 Å². The molecular weight excluding hydrogens is 393 g/mol. The van der Waals surface area contributed by atoms with Gasteiger partial charge in [-0.2, -0.15) is 0 Å². The number of amides is 2. The summed E-state index contributed by atoms with van der Waals surface area (Å²) in [7, 11) is 0. The maximum absolute atomic E-state index is 12.5. The molecule has 2 amide bonds. The number of hydrogen-bond acceptors (Lipinski definition) is 4. The first-order valence-electron chi connectivity index (χ1n) is 8.30. The topological polar surface area (TPSA) is 52.7 Å². The second-order valence-electron chi connectivity index (χ2n) is 6.07. The molecule has 138 valence electrons. The normalized spacial score (nSPS) is 15.1. The molecule has 2 aromatic rings. The summed E-state index contributed by atoms with van der Waals surface area (Å²) in [6, 6.07) is 11.4. The quantitative estimate of drug-likeness (QED) is 0.821. The highest BCUT2D eigenvalue weighted by Gasteiger charge is 2.25. The van der Waals surface area contributed by atoms with Crippen molar-refractivity contribution in [1.82, 2.24) is 15.1 Å². The first-order valence-corrected chi connectivity index (χ1v) is 9.87. The van der Waals surface area contributed by atoms with Crippen molar-refractivity contribution in [2.45, 2.75) is 6.54 Å². The summed E-state index contributed by atoms with van der Waals surface area (Å²) in [5.74, 6) is -0.118. The third kappa shape index (κ3) is 4.98. The fraction of sp³-hybridized carbons (Fsp3) is 0.333. The number of carbonyl (C=O) groups is 2. The Morgan fingerprint density at radius 1 is 1.08 bits per heavy atom. The molecule has 1 aliphatic heterocycles. The highest BCUT2D eigenvalue weighted by atomic mass is 35.5. The SMILES string of the molecule is O=C(CN1CCN(C(=O)c2cc(Cl)sc2Cl)CC1)NCc1ccccc1. The number of rotatable bonds is 5. The lowest BCUT2D eigenvalue weighted by Gasteiger charge is -2.34. The molecule has 5 nitrogen and oxygen atoms in total. The highest BCUT2D eigenvalue weighted by molar-refractivity contribution is 7.20. The van der Waals surface area contributed by atoms with Crippen LogP contribution in [0.25, 0.3) is 0 Å². The van der Waals surface area contributed by atoms with Gasteiger partial charge in [-0.1, -0.05) is 53.5 Å². The minimum absolute atomic E-state index is 0.0127. The predicted octanol–water partition coefficient (Wildman–Crippen LogP) is 3.13. The molecule has 0 saturated carbocycles. The largest absolute Gasteiger partial charge is 0.351 e. The lowest BCUT2D eigenvalue weighted by molar-refractivity contribution is -0.122. The maximum Gasteiger partial charge on any atom is 0.256 e. The standard InChI is InChI=1S/C18H19Cl2N3O2S/c19-15-10-14(17(20)26-15)18(25)23-8-6-22(7-9-23)12-16(24)21-11-13-4-2-1-3-5-13/h1-5,10H,6-9,11-12H2,(H,21,24). The number of carbonyl (C=O) groups excluding carboxylic acids is 2. The number of nitrogens with zero attached hydrogens (tertiary/aromatic N) is 2. The van der Waals surface area contributed by atoms with Crippen LogP contribution in [0.4, 0.5) is 0 Å². The summed E-state index contributed by atoms with van der Waals surface area (Å²) in [5.41, 5.74) is 1.53. The minimum Gasteiger partial charge on any atom is -0.351 e. The summed E-state index contributed by atoms with van der Waals surface area (Å²) in [6.07, 6.45) is 0. The van der Waals surface area contributed by atoms with E-state index in [1.165, 1.54) is 11.3 Å². The van der Waals surface area contributed by atoms with Gasteiger partial charge in [0.1, 0.15) is 4.34 Å². The van der Waals surface area contributed by atoms with Crippen molar-refractivity contribution in [3.8, 4) is 0 Å². The molecule has 2 heterocycles. The van der Waals surface area contributed by atoms with E-state index in [1.807, 2.05) is 35.2 Å². The fourth-order valence-corrected chi connectivity index (χ4v) is 4.27. The molecule has 1 N–H and O–H groups in total. The third-order valence-electron chi connectivity index (χ3n) is 4.25. The van der Waals surface area contributed by atoms with E-state index in [9.17, 15) is 9.59 Å². The van der Waals surface area contributed by atoms with Crippen molar-refractivity contribution < 1.29 is 9.59 Å². The summed E-state index contributed by atoms with van der Waals surface area (Å²) in [4.78, 5) is 28.4. The van der Waals surface area contributed by atoms with Gasteiger partial charge in [0.25, 0.3) is 5.91 Å². The molecule has 0 radical (unpaired) electrons. The minimum atomic E-state index is -0.105. The molecular formula is C18H19Cl2N3O2S. The molecule has 0 bridgehead atoms. The Labute approximate surface area is 166 Å². The van der Waals surface area contributed by atoms with E-state index >= 15 is 0 Å². The van der Waals surface area contributed by atoms with Crippen molar-refractivity contribution in [2.24, 2.45) is 0 Å². The first-order chi connectivity index (χ1) is 12.5. The van der Waals surface area contributed by atoms with E-state index in [0.717, 1.165) is 5.56 Å². The van der Waals surface area contributed by atoms with E-state index in [0.29, 0.717) is 53.5 Å². The number of halogens is 2. The van der Waals surface area contributed by atoms with E-state index < -0.39 is 0 Å². The van der Waals surface area contributed by atoms with E-state index in [1.54, 1.807) is 11.0 Å². The Balaban J connectivity index is 1.44.